The van der Waals surface area contributed by atoms with Crippen LogP contribution in [0.5, 0.6) is 0 Å². The normalized spacial score (nSPS) is 25.9. The monoisotopic (exact) mass is 415 g/mol. The molecule has 0 unspecified atom stereocenters. The van der Waals surface area contributed by atoms with Crippen molar-refractivity contribution in [2.75, 3.05) is 26.7 Å². The first-order chi connectivity index (χ1) is 15.1. The molecule has 1 heterocycles. The Morgan fingerprint density at radius 3 is 2.03 bits per heavy atom. The molecule has 0 radical (unpaired) electrons. The lowest BCUT2D eigenvalue weighted by Gasteiger charge is -2.30. The van der Waals surface area contributed by atoms with Gasteiger partial charge in [0.15, 0.2) is 0 Å². The van der Waals surface area contributed by atoms with E-state index in [1.807, 2.05) is 19.2 Å². The van der Waals surface area contributed by atoms with Gasteiger partial charge in [-0.15, -0.1) is 0 Å². The van der Waals surface area contributed by atoms with E-state index in [9.17, 15) is 4.79 Å². The Morgan fingerprint density at radius 1 is 0.968 bits per heavy atom. The summed E-state index contributed by atoms with van der Waals surface area (Å²) < 4.78 is 0. The van der Waals surface area contributed by atoms with Crippen LogP contribution in [0.4, 0.5) is 0 Å². The highest BCUT2D eigenvalue weighted by molar-refractivity contribution is 5.79. The molecule has 1 N–H and O–H groups in total. The Hall–Kier alpha value is -2.64. The number of rotatable bonds is 5. The summed E-state index contributed by atoms with van der Waals surface area (Å²) in [6.07, 6.45) is 4.31. The summed E-state index contributed by atoms with van der Waals surface area (Å²) in [5.41, 5.74) is 4.45. The molecule has 1 saturated carbocycles. The van der Waals surface area contributed by atoms with E-state index in [4.69, 9.17) is 5.26 Å². The zero-order chi connectivity index (χ0) is 21.8. The van der Waals surface area contributed by atoms with Crippen LogP contribution in [0.1, 0.15) is 59.8 Å². The number of hydrogen-bond donors (Lipinski definition) is 1. The molecule has 2 atom stereocenters. The molecular weight excluding hydrogens is 382 g/mol. The van der Waals surface area contributed by atoms with Gasteiger partial charge in [0.1, 0.15) is 0 Å². The third-order valence-corrected chi connectivity index (χ3v) is 7.29. The third-order valence-electron chi connectivity index (χ3n) is 7.29. The molecule has 0 bridgehead atoms. The fourth-order valence-corrected chi connectivity index (χ4v) is 5.44. The number of carbonyl (C=O) groups is 1. The van der Waals surface area contributed by atoms with Crippen LogP contribution in [0.25, 0.3) is 0 Å². The molecule has 2 fully saturated rings. The first kappa shape index (κ1) is 21.6. The minimum absolute atomic E-state index is 0.173. The fraction of sp³-hybridized carbons (Fsp3) is 0.481. The number of benzene rings is 2. The number of nitrogens with one attached hydrogen (secondary N) is 1. The first-order valence-electron chi connectivity index (χ1n) is 11.6. The summed E-state index contributed by atoms with van der Waals surface area (Å²) in [7, 11) is 2.01. The fourth-order valence-electron chi connectivity index (χ4n) is 5.44. The second kappa shape index (κ2) is 9.66. The van der Waals surface area contributed by atoms with Crippen molar-refractivity contribution in [1.82, 2.24) is 10.2 Å². The maximum absolute atomic E-state index is 13.4. The molecule has 2 aromatic carbocycles. The highest BCUT2D eigenvalue weighted by atomic mass is 16.2. The van der Waals surface area contributed by atoms with Gasteiger partial charge in [0.2, 0.25) is 5.91 Å². The van der Waals surface area contributed by atoms with Crippen molar-refractivity contribution in [3.63, 3.8) is 0 Å². The minimum atomic E-state index is 0.173. The van der Waals surface area contributed by atoms with Crippen LogP contribution >= 0.6 is 0 Å². The van der Waals surface area contributed by atoms with E-state index in [2.05, 4.69) is 59.6 Å². The van der Waals surface area contributed by atoms with Gasteiger partial charge in [-0.25, -0.2) is 0 Å². The van der Waals surface area contributed by atoms with Gasteiger partial charge in [-0.3, -0.25) is 4.79 Å². The van der Waals surface area contributed by atoms with E-state index in [0.29, 0.717) is 17.4 Å². The molecule has 31 heavy (non-hydrogen) atoms. The molecular formula is C27H33N3O. The van der Waals surface area contributed by atoms with Gasteiger partial charge < -0.3 is 10.2 Å². The number of aryl methyl sites for hydroxylation is 1. The van der Waals surface area contributed by atoms with Crippen LogP contribution < -0.4 is 5.32 Å². The molecule has 1 aliphatic heterocycles. The van der Waals surface area contributed by atoms with Gasteiger partial charge in [0, 0.05) is 30.8 Å². The van der Waals surface area contributed by atoms with Crippen LogP contribution in [-0.2, 0) is 4.79 Å². The number of carbonyl (C=O) groups excluding carboxylic acids is 1. The van der Waals surface area contributed by atoms with E-state index < -0.39 is 0 Å². The first-order valence-corrected chi connectivity index (χ1v) is 11.6. The largest absolute Gasteiger partial charge is 0.341 e. The summed E-state index contributed by atoms with van der Waals surface area (Å²) in [4.78, 5) is 15.6. The van der Waals surface area contributed by atoms with Crippen LogP contribution in [-0.4, -0.2) is 37.5 Å². The zero-order valence-corrected chi connectivity index (χ0v) is 18.7. The quantitative estimate of drug-likeness (QED) is 0.776. The molecule has 4 nitrogen and oxygen atoms in total. The predicted molar refractivity (Wildman–Crippen MR) is 124 cm³/mol. The molecule has 2 aromatic rings. The van der Waals surface area contributed by atoms with E-state index in [1.165, 1.54) is 16.7 Å². The summed E-state index contributed by atoms with van der Waals surface area (Å²) in [6.45, 7) is 4.71. The third kappa shape index (κ3) is 4.83. The van der Waals surface area contributed by atoms with Gasteiger partial charge in [-0.2, -0.15) is 5.26 Å². The number of nitriles is 1. The van der Waals surface area contributed by atoms with E-state index in [0.717, 1.165) is 45.3 Å². The lowest BCUT2D eigenvalue weighted by atomic mass is 9.81. The van der Waals surface area contributed by atoms with E-state index in [-0.39, 0.29) is 17.8 Å². The van der Waals surface area contributed by atoms with Crippen LogP contribution in [0, 0.1) is 30.1 Å². The van der Waals surface area contributed by atoms with Crippen molar-refractivity contribution in [3.05, 3.63) is 70.8 Å². The Kier molecular flexibility index (Phi) is 6.73. The molecule has 4 heteroatoms. The van der Waals surface area contributed by atoms with E-state index in [1.54, 1.807) is 0 Å². The summed E-state index contributed by atoms with van der Waals surface area (Å²) in [5, 5.41) is 12.4. The zero-order valence-electron chi connectivity index (χ0n) is 18.7. The maximum atomic E-state index is 13.4. The van der Waals surface area contributed by atoms with Crippen molar-refractivity contribution in [2.24, 2.45) is 11.8 Å². The van der Waals surface area contributed by atoms with Crippen molar-refractivity contribution in [1.29, 1.82) is 5.26 Å². The summed E-state index contributed by atoms with van der Waals surface area (Å²) in [6, 6.07) is 18.9. The Balaban J connectivity index is 1.53. The molecule has 2 aliphatic rings. The minimum Gasteiger partial charge on any atom is -0.341 e. The van der Waals surface area contributed by atoms with Gasteiger partial charge in [0.05, 0.1) is 11.6 Å². The standard InChI is InChI=1S/C27H33N3O/c1-19-3-9-22(10-4-19)25-17-30(18-26(25)23-11-5-20(15-28)6-12-23)27(31)24-13-7-21(8-14-24)16-29-2/h3-6,9-12,21,24-26,29H,7-8,13-14,16-18H2,1-2H3/t21?,24?,25-,26-/m0/s1. The van der Waals surface area contributed by atoms with Crippen molar-refractivity contribution >= 4 is 5.91 Å². The molecule has 0 spiro atoms. The molecule has 4 rings (SSSR count). The van der Waals surface area contributed by atoms with Gasteiger partial charge >= 0.3 is 0 Å². The number of likely N-dealkylation sites (tertiary alicyclic amines) is 1. The van der Waals surface area contributed by atoms with Gasteiger partial charge in [0.25, 0.3) is 0 Å². The average molecular weight is 416 g/mol. The summed E-state index contributed by atoms with van der Waals surface area (Å²) in [5.74, 6) is 1.78. The van der Waals surface area contributed by atoms with Crippen LogP contribution in [0.15, 0.2) is 48.5 Å². The number of nitrogens with zero attached hydrogens (tertiary/aromatic N) is 2. The molecule has 0 aromatic heterocycles. The second-order valence-corrected chi connectivity index (χ2v) is 9.38. The maximum Gasteiger partial charge on any atom is 0.225 e. The Morgan fingerprint density at radius 2 is 1.52 bits per heavy atom. The van der Waals surface area contributed by atoms with Gasteiger partial charge in [-0.1, -0.05) is 42.0 Å². The Bertz CT molecular complexity index is 920. The highest BCUT2D eigenvalue weighted by Crippen LogP contribution is 2.41. The topological polar surface area (TPSA) is 56.1 Å². The van der Waals surface area contributed by atoms with Crippen molar-refractivity contribution in [3.8, 4) is 6.07 Å². The predicted octanol–water partition coefficient (Wildman–Crippen LogP) is 4.60. The lowest BCUT2D eigenvalue weighted by molar-refractivity contribution is -0.135. The van der Waals surface area contributed by atoms with Crippen LogP contribution in [0.3, 0.4) is 0 Å². The smallest absolute Gasteiger partial charge is 0.225 e. The van der Waals surface area contributed by atoms with Crippen molar-refractivity contribution in [2.45, 2.75) is 44.4 Å². The summed E-state index contributed by atoms with van der Waals surface area (Å²) >= 11 is 0. The highest BCUT2D eigenvalue weighted by Gasteiger charge is 2.39. The Labute approximate surface area is 186 Å². The lowest BCUT2D eigenvalue weighted by Crippen LogP contribution is -2.37. The second-order valence-electron chi connectivity index (χ2n) is 9.38. The molecule has 162 valence electrons. The average Bonchev–Trinajstić information content (AvgIpc) is 3.25. The number of amides is 1. The molecule has 1 amide bonds. The van der Waals surface area contributed by atoms with Gasteiger partial charge in [-0.05, 0) is 75.4 Å². The molecule has 1 saturated heterocycles. The van der Waals surface area contributed by atoms with Crippen LogP contribution in [0.2, 0.25) is 0 Å². The SMILES string of the molecule is CNCC1CCC(C(=O)N2C[C@@H](c3ccc(C)cc3)[C@H](c3ccc(C#N)cc3)C2)CC1. The number of hydrogen-bond acceptors (Lipinski definition) is 3. The molecule has 1 aliphatic carbocycles. The van der Waals surface area contributed by atoms with E-state index >= 15 is 0 Å². The van der Waals surface area contributed by atoms with Crippen molar-refractivity contribution < 1.29 is 4.79 Å².